The van der Waals surface area contributed by atoms with Crippen molar-refractivity contribution in [2.24, 2.45) is 0 Å². The summed E-state index contributed by atoms with van der Waals surface area (Å²) >= 11 is 6.10. The number of halogens is 1. The van der Waals surface area contributed by atoms with E-state index < -0.39 is 22.0 Å². The van der Waals surface area contributed by atoms with Crippen LogP contribution in [0.5, 0.6) is 5.75 Å². The summed E-state index contributed by atoms with van der Waals surface area (Å²) in [5.41, 5.74) is 1.72. The number of ether oxygens (including phenoxy) is 1. The smallest absolute Gasteiger partial charge is 0.328 e. The first-order valence-electron chi connectivity index (χ1n) is 10.2. The number of hydrogen-bond acceptors (Lipinski definition) is 6. The average Bonchev–Trinajstić information content (AvgIpc) is 2.75. The number of anilines is 1. The Morgan fingerprint density at radius 3 is 2.15 bits per heavy atom. The summed E-state index contributed by atoms with van der Waals surface area (Å²) in [6.07, 6.45) is 3.12. The van der Waals surface area contributed by atoms with Gasteiger partial charge in [-0.3, -0.25) is 9.62 Å². The van der Waals surface area contributed by atoms with Crippen molar-refractivity contribution in [2.75, 3.05) is 31.2 Å². The normalized spacial score (nSPS) is 12.0. The van der Waals surface area contributed by atoms with Crippen LogP contribution in [0, 0.1) is 0 Å². The molecule has 34 heavy (non-hydrogen) atoms. The van der Waals surface area contributed by atoms with E-state index in [0.717, 1.165) is 24.8 Å². The number of carboxylic acids is 2. The Morgan fingerprint density at radius 1 is 1.09 bits per heavy atom. The third-order valence-corrected chi connectivity index (χ3v) is 5.37. The molecule has 0 bridgehead atoms. The SMILES string of the molecule is CC(COc1ccccc1Cl)N(C)CCc1ccc(NS(C)(=O)=O)cc1.O=C(O)/C=C/C(=O)O. The quantitative estimate of drug-likeness (QED) is 0.390. The van der Waals surface area contributed by atoms with Crippen molar-refractivity contribution in [3.63, 3.8) is 0 Å². The van der Waals surface area contributed by atoms with Crippen molar-refractivity contribution in [1.29, 1.82) is 0 Å². The second-order valence-electron chi connectivity index (χ2n) is 7.40. The molecule has 0 radical (unpaired) electrons. The largest absolute Gasteiger partial charge is 0.490 e. The maximum Gasteiger partial charge on any atom is 0.328 e. The summed E-state index contributed by atoms with van der Waals surface area (Å²) in [6.45, 7) is 3.53. The number of likely N-dealkylation sites (N-methyl/N-ethyl adjacent to an activating group) is 1. The van der Waals surface area contributed by atoms with Gasteiger partial charge in [0.1, 0.15) is 12.4 Å². The topological polar surface area (TPSA) is 133 Å². The van der Waals surface area contributed by atoms with Gasteiger partial charge in [0, 0.05) is 30.4 Å². The van der Waals surface area contributed by atoms with E-state index in [9.17, 15) is 18.0 Å². The van der Waals surface area contributed by atoms with Crippen LogP contribution in [-0.2, 0) is 26.0 Å². The van der Waals surface area contributed by atoms with Gasteiger partial charge in [0.2, 0.25) is 10.0 Å². The van der Waals surface area contributed by atoms with Crippen molar-refractivity contribution in [1.82, 2.24) is 4.90 Å². The molecule has 2 aromatic rings. The summed E-state index contributed by atoms with van der Waals surface area (Å²) in [5.74, 6) is -1.82. The number of carboxylic acid groups (broad SMARTS) is 2. The van der Waals surface area contributed by atoms with Crippen LogP contribution in [0.4, 0.5) is 5.69 Å². The molecule has 2 aromatic carbocycles. The molecule has 3 N–H and O–H groups in total. The van der Waals surface area contributed by atoms with Gasteiger partial charge >= 0.3 is 11.9 Å². The molecule has 11 heteroatoms. The van der Waals surface area contributed by atoms with E-state index in [1.165, 1.54) is 0 Å². The third kappa shape index (κ3) is 12.8. The van der Waals surface area contributed by atoms with Crippen molar-refractivity contribution < 1.29 is 33.0 Å². The van der Waals surface area contributed by atoms with Crippen LogP contribution in [0.1, 0.15) is 12.5 Å². The fourth-order valence-electron chi connectivity index (χ4n) is 2.52. The molecule has 9 nitrogen and oxygen atoms in total. The van der Waals surface area contributed by atoms with Crippen LogP contribution in [0.15, 0.2) is 60.7 Å². The predicted octanol–water partition coefficient (Wildman–Crippen LogP) is 3.37. The first-order chi connectivity index (χ1) is 15.9. The summed E-state index contributed by atoms with van der Waals surface area (Å²) in [5, 5.41) is 16.2. The minimum atomic E-state index is -3.24. The summed E-state index contributed by atoms with van der Waals surface area (Å²) in [4.78, 5) is 21.3. The van der Waals surface area contributed by atoms with E-state index in [0.29, 0.717) is 35.2 Å². The molecule has 0 spiro atoms. The van der Waals surface area contributed by atoms with E-state index in [1.54, 1.807) is 12.1 Å². The zero-order chi connectivity index (χ0) is 25.7. The average molecular weight is 513 g/mol. The summed E-state index contributed by atoms with van der Waals surface area (Å²) in [6, 6.07) is 15.1. The maximum absolute atomic E-state index is 11.2. The number of para-hydroxylation sites is 1. The highest BCUT2D eigenvalue weighted by Gasteiger charge is 2.11. The van der Waals surface area contributed by atoms with Crippen molar-refractivity contribution in [3.05, 3.63) is 71.3 Å². The summed E-state index contributed by atoms with van der Waals surface area (Å²) < 4.78 is 30.7. The second-order valence-corrected chi connectivity index (χ2v) is 9.56. The molecule has 0 aliphatic heterocycles. The number of nitrogens with zero attached hydrogens (tertiary/aromatic N) is 1. The molecule has 0 aliphatic carbocycles. The Balaban J connectivity index is 0.000000620. The van der Waals surface area contributed by atoms with Crippen LogP contribution in [0.2, 0.25) is 5.02 Å². The maximum atomic E-state index is 11.2. The number of benzene rings is 2. The van der Waals surface area contributed by atoms with Crippen LogP contribution in [-0.4, -0.2) is 68.0 Å². The van der Waals surface area contributed by atoms with Gasteiger partial charge in [0.15, 0.2) is 0 Å². The van der Waals surface area contributed by atoms with Gasteiger partial charge in [-0.1, -0.05) is 35.9 Å². The first-order valence-corrected chi connectivity index (χ1v) is 12.4. The van der Waals surface area contributed by atoms with Gasteiger partial charge in [-0.2, -0.15) is 0 Å². The molecule has 0 heterocycles. The summed E-state index contributed by atoms with van der Waals surface area (Å²) in [7, 11) is -1.19. The highest BCUT2D eigenvalue weighted by Crippen LogP contribution is 2.23. The lowest BCUT2D eigenvalue weighted by Crippen LogP contribution is -2.35. The van der Waals surface area contributed by atoms with Crippen molar-refractivity contribution >= 4 is 39.3 Å². The Hall–Kier alpha value is -3.08. The lowest BCUT2D eigenvalue weighted by Gasteiger charge is -2.25. The molecule has 0 aromatic heterocycles. The highest BCUT2D eigenvalue weighted by atomic mass is 35.5. The standard InChI is InChI=1S/C19H25ClN2O3S.C4H4O4/c1-15(14-25-19-7-5-4-6-18(19)20)22(2)13-12-16-8-10-17(11-9-16)21-26(3,23)24;5-3(6)1-2-4(7)8/h4-11,15,21H,12-14H2,1-3H3;1-2H,(H,5,6)(H,7,8)/b;2-1+. The van der Waals surface area contributed by atoms with Gasteiger partial charge in [-0.25, -0.2) is 18.0 Å². The monoisotopic (exact) mass is 512 g/mol. The molecule has 0 saturated carbocycles. The van der Waals surface area contributed by atoms with Crippen LogP contribution in [0.25, 0.3) is 0 Å². The predicted molar refractivity (Wildman–Crippen MR) is 132 cm³/mol. The minimum absolute atomic E-state index is 0.234. The van der Waals surface area contributed by atoms with Crippen molar-refractivity contribution in [3.8, 4) is 5.75 Å². The number of carbonyl (C=O) groups is 2. The molecule has 2 rings (SSSR count). The van der Waals surface area contributed by atoms with E-state index in [-0.39, 0.29) is 6.04 Å². The lowest BCUT2D eigenvalue weighted by molar-refractivity contribution is -0.134. The number of hydrogen-bond donors (Lipinski definition) is 3. The molecule has 186 valence electrons. The van der Waals surface area contributed by atoms with E-state index in [1.807, 2.05) is 36.4 Å². The van der Waals surface area contributed by atoms with Gasteiger partial charge in [-0.15, -0.1) is 0 Å². The molecular formula is C23H29ClN2O7S. The second kappa shape index (κ2) is 14.2. The van der Waals surface area contributed by atoms with Gasteiger partial charge in [-0.05, 0) is 50.2 Å². The minimum Gasteiger partial charge on any atom is -0.490 e. The molecule has 0 saturated heterocycles. The van der Waals surface area contributed by atoms with Gasteiger partial charge in [0.05, 0.1) is 11.3 Å². The zero-order valence-corrected chi connectivity index (χ0v) is 20.7. The molecule has 0 aliphatic rings. The van der Waals surface area contributed by atoms with Crippen LogP contribution in [0.3, 0.4) is 0 Å². The third-order valence-electron chi connectivity index (χ3n) is 4.45. The number of aliphatic carboxylic acids is 2. The molecular weight excluding hydrogens is 484 g/mol. The first kappa shape index (κ1) is 29.0. The fourth-order valence-corrected chi connectivity index (χ4v) is 3.28. The molecule has 1 atom stereocenters. The van der Waals surface area contributed by atoms with Gasteiger partial charge in [0.25, 0.3) is 0 Å². The van der Waals surface area contributed by atoms with E-state index >= 15 is 0 Å². The highest BCUT2D eigenvalue weighted by molar-refractivity contribution is 7.92. The van der Waals surface area contributed by atoms with E-state index in [2.05, 4.69) is 23.6 Å². The fraction of sp³-hybridized carbons (Fsp3) is 0.304. The van der Waals surface area contributed by atoms with Gasteiger partial charge < -0.3 is 14.9 Å². The molecule has 0 amide bonds. The Kier molecular flexibility index (Phi) is 12.1. The zero-order valence-electron chi connectivity index (χ0n) is 19.1. The van der Waals surface area contributed by atoms with Crippen LogP contribution >= 0.6 is 11.6 Å². The lowest BCUT2D eigenvalue weighted by atomic mass is 10.1. The van der Waals surface area contributed by atoms with Crippen LogP contribution < -0.4 is 9.46 Å². The molecule has 1 unspecified atom stereocenters. The van der Waals surface area contributed by atoms with Crippen molar-refractivity contribution in [2.45, 2.75) is 19.4 Å². The Bertz CT molecular complexity index is 1060. The Morgan fingerprint density at radius 2 is 1.65 bits per heavy atom. The number of sulfonamides is 1. The number of nitrogens with one attached hydrogen (secondary N) is 1. The van der Waals surface area contributed by atoms with E-state index in [4.69, 9.17) is 26.6 Å². The number of rotatable bonds is 11. The molecule has 0 fully saturated rings. The Labute approximate surface area is 204 Å².